The van der Waals surface area contributed by atoms with Crippen LogP contribution in [0.5, 0.6) is 11.5 Å². The minimum Gasteiger partial charge on any atom is -0.497 e. The number of sulfonamides is 1. The standard InChI is InChI=1S/C17H19NO6S/c1-18-25(20,21)16-5-3-4-13(12-16)17(19)24-11-10-23-15-8-6-14(22-2)7-9-15/h3-9,12,18H,10-11H2,1-2H3. The molecule has 0 saturated carbocycles. The van der Waals surface area contributed by atoms with Crippen molar-refractivity contribution in [3.05, 3.63) is 54.1 Å². The molecule has 0 heterocycles. The van der Waals surface area contributed by atoms with Crippen molar-refractivity contribution in [1.29, 1.82) is 0 Å². The zero-order valence-electron chi connectivity index (χ0n) is 13.9. The van der Waals surface area contributed by atoms with Crippen molar-refractivity contribution < 1.29 is 27.4 Å². The van der Waals surface area contributed by atoms with Gasteiger partial charge in [-0.3, -0.25) is 0 Å². The first-order chi connectivity index (χ1) is 12.0. The molecule has 0 amide bonds. The summed E-state index contributed by atoms with van der Waals surface area (Å²) in [7, 11) is -0.736. The predicted molar refractivity (Wildman–Crippen MR) is 91.5 cm³/mol. The Kier molecular flexibility index (Phi) is 6.37. The molecule has 0 unspecified atom stereocenters. The van der Waals surface area contributed by atoms with Crippen molar-refractivity contribution in [3.63, 3.8) is 0 Å². The normalized spacial score (nSPS) is 11.0. The van der Waals surface area contributed by atoms with Crippen LogP contribution in [0.1, 0.15) is 10.4 Å². The Morgan fingerprint density at radius 2 is 1.72 bits per heavy atom. The Balaban J connectivity index is 1.87. The second kappa shape index (κ2) is 8.50. The van der Waals surface area contributed by atoms with Gasteiger partial charge in [-0.2, -0.15) is 0 Å². The van der Waals surface area contributed by atoms with Gasteiger partial charge in [0.1, 0.15) is 24.7 Å². The average Bonchev–Trinajstić information content (AvgIpc) is 2.65. The molecule has 0 aliphatic heterocycles. The molecule has 7 nitrogen and oxygen atoms in total. The molecule has 2 aromatic carbocycles. The molecule has 0 spiro atoms. The third kappa shape index (κ3) is 5.20. The molecule has 0 fully saturated rings. The molecule has 0 radical (unpaired) electrons. The summed E-state index contributed by atoms with van der Waals surface area (Å²) in [6.45, 7) is 0.209. The minimum absolute atomic E-state index is 0.000988. The van der Waals surface area contributed by atoms with Gasteiger partial charge in [-0.25, -0.2) is 17.9 Å². The van der Waals surface area contributed by atoms with Crippen molar-refractivity contribution in [2.45, 2.75) is 4.90 Å². The first-order valence-electron chi connectivity index (χ1n) is 7.44. The number of esters is 1. The Bertz CT molecular complexity index is 817. The SMILES string of the molecule is CNS(=O)(=O)c1cccc(C(=O)OCCOc2ccc(OC)cc2)c1. The van der Waals surface area contributed by atoms with E-state index in [1.807, 2.05) is 0 Å². The first-order valence-corrected chi connectivity index (χ1v) is 8.92. The molecule has 134 valence electrons. The van der Waals surface area contributed by atoms with Crippen LogP contribution in [0.15, 0.2) is 53.4 Å². The van der Waals surface area contributed by atoms with E-state index in [0.717, 1.165) is 5.75 Å². The van der Waals surface area contributed by atoms with Crippen LogP contribution < -0.4 is 14.2 Å². The van der Waals surface area contributed by atoms with Crippen LogP contribution in [-0.2, 0) is 14.8 Å². The van der Waals surface area contributed by atoms with Gasteiger partial charge < -0.3 is 14.2 Å². The van der Waals surface area contributed by atoms with Crippen LogP contribution in [0.4, 0.5) is 0 Å². The highest BCUT2D eigenvalue weighted by atomic mass is 32.2. The summed E-state index contributed by atoms with van der Waals surface area (Å²) < 4.78 is 41.3. The molecule has 8 heteroatoms. The summed E-state index contributed by atoms with van der Waals surface area (Å²) in [5.41, 5.74) is 0.153. The van der Waals surface area contributed by atoms with Gasteiger partial charge >= 0.3 is 5.97 Å². The molecular formula is C17H19NO6S. The number of ether oxygens (including phenoxy) is 3. The van der Waals surface area contributed by atoms with E-state index >= 15 is 0 Å². The van der Waals surface area contributed by atoms with Crippen molar-refractivity contribution in [3.8, 4) is 11.5 Å². The van der Waals surface area contributed by atoms with Crippen molar-refractivity contribution >= 4 is 16.0 Å². The fourth-order valence-electron chi connectivity index (χ4n) is 1.96. The number of carbonyl (C=O) groups excluding carboxylic acids is 1. The lowest BCUT2D eigenvalue weighted by atomic mass is 10.2. The molecule has 2 rings (SSSR count). The molecule has 1 N–H and O–H groups in total. The van der Waals surface area contributed by atoms with Crippen LogP contribution in [0.25, 0.3) is 0 Å². The van der Waals surface area contributed by atoms with Crippen molar-refractivity contribution in [1.82, 2.24) is 4.72 Å². The zero-order chi connectivity index (χ0) is 18.3. The second-order valence-electron chi connectivity index (χ2n) is 4.90. The van der Waals surface area contributed by atoms with Gasteiger partial charge in [0.25, 0.3) is 0 Å². The maximum atomic E-state index is 12.0. The third-order valence-corrected chi connectivity index (χ3v) is 4.71. The highest BCUT2D eigenvalue weighted by molar-refractivity contribution is 7.89. The van der Waals surface area contributed by atoms with E-state index in [1.54, 1.807) is 31.4 Å². The second-order valence-corrected chi connectivity index (χ2v) is 6.78. The van der Waals surface area contributed by atoms with E-state index in [1.165, 1.54) is 31.3 Å². The molecular weight excluding hydrogens is 346 g/mol. The van der Waals surface area contributed by atoms with Crippen molar-refractivity contribution in [2.75, 3.05) is 27.4 Å². The summed E-state index contributed by atoms with van der Waals surface area (Å²) in [4.78, 5) is 12.0. The van der Waals surface area contributed by atoms with Gasteiger partial charge in [-0.1, -0.05) is 6.07 Å². The van der Waals surface area contributed by atoms with E-state index in [-0.39, 0.29) is 23.7 Å². The van der Waals surface area contributed by atoms with Gasteiger partial charge in [0.05, 0.1) is 17.6 Å². The highest BCUT2D eigenvalue weighted by Gasteiger charge is 2.15. The summed E-state index contributed by atoms with van der Waals surface area (Å²) >= 11 is 0. The van der Waals surface area contributed by atoms with Gasteiger partial charge in [-0.15, -0.1) is 0 Å². The van der Waals surface area contributed by atoms with Crippen LogP contribution in [0, 0.1) is 0 Å². The predicted octanol–water partition coefficient (Wildman–Crippen LogP) is 1.84. The lowest BCUT2D eigenvalue weighted by Gasteiger charge is -2.09. The Labute approximate surface area is 146 Å². The molecule has 0 aliphatic carbocycles. The number of carbonyl (C=O) groups is 1. The third-order valence-electron chi connectivity index (χ3n) is 3.29. The molecule has 0 aromatic heterocycles. The lowest BCUT2D eigenvalue weighted by Crippen LogP contribution is -2.19. The van der Waals surface area contributed by atoms with E-state index in [2.05, 4.69) is 4.72 Å². The van der Waals surface area contributed by atoms with E-state index in [0.29, 0.717) is 5.75 Å². The molecule has 0 atom stereocenters. The summed E-state index contributed by atoms with van der Waals surface area (Å²) in [5.74, 6) is 0.723. The van der Waals surface area contributed by atoms with E-state index < -0.39 is 16.0 Å². The van der Waals surface area contributed by atoms with Gasteiger partial charge in [-0.05, 0) is 49.5 Å². The number of benzene rings is 2. The topological polar surface area (TPSA) is 90.9 Å². The number of nitrogens with one attached hydrogen (secondary N) is 1. The maximum absolute atomic E-state index is 12.0. The highest BCUT2D eigenvalue weighted by Crippen LogP contribution is 2.17. The average molecular weight is 365 g/mol. The summed E-state index contributed by atoms with van der Waals surface area (Å²) in [5, 5.41) is 0. The van der Waals surface area contributed by atoms with Gasteiger partial charge in [0.2, 0.25) is 10.0 Å². The summed E-state index contributed by atoms with van der Waals surface area (Å²) in [6.07, 6.45) is 0. The summed E-state index contributed by atoms with van der Waals surface area (Å²) in [6, 6.07) is 12.6. The smallest absolute Gasteiger partial charge is 0.338 e. The molecule has 25 heavy (non-hydrogen) atoms. The van der Waals surface area contributed by atoms with Crippen LogP contribution in [-0.4, -0.2) is 41.8 Å². The van der Waals surface area contributed by atoms with E-state index in [4.69, 9.17) is 14.2 Å². The molecule has 0 saturated heterocycles. The largest absolute Gasteiger partial charge is 0.497 e. The van der Waals surface area contributed by atoms with E-state index in [9.17, 15) is 13.2 Å². The number of hydrogen-bond acceptors (Lipinski definition) is 6. The Morgan fingerprint density at radius 1 is 1.04 bits per heavy atom. The zero-order valence-corrected chi connectivity index (χ0v) is 14.7. The monoisotopic (exact) mass is 365 g/mol. The Morgan fingerprint density at radius 3 is 2.36 bits per heavy atom. The maximum Gasteiger partial charge on any atom is 0.338 e. The van der Waals surface area contributed by atoms with Crippen LogP contribution in [0.2, 0.25) is 0 Å². The first kappa shape index (κ1) is 18.8. The lowest BCUT2D eigenvalue weighted by molar-refractivity contribution is 0.0450. The fourth-order valence-corrected chi connectivity index (χ4v) is 2.73. The quantitative estimate of drug-likeness (QED) is 0.567. The fraction of sp³-hybridized carbons (Fsp3) is 0.235. The molecule has 0 bridgehead atoms. The Hall–Kier alpha value is -2.58. The number of rotatable bonds is 8. The van der Waals surface area contributed by atoms with Gasteiger partial charge in [0.15, 0.2) is 0 Å². The van der Waals surface area contributed by atoms with Crippen LogP contribution in [0.3, 0.4) is 0 Å². The molecule has 0 aliphatic rings. The molecule has 2 aromatic rings. The van der Waals surface area contributed by atoms with Crippen molar-refractivity contribution in [2.24, 2.45) is 0 Å². The minimum atomic E-state index is -3.61. The number of methoxy groups -OCH3 is 1. The van der Waals surface area contributed by atoms with Gasteiger partial charge in [0, 0.05) is 0 Å². The number of hydrogen-bond donors (Lipinski definition) is 1. The van der Waals surface area contributed by atoms with Crippen LogP contribution >= 0.6 is 0 Å².